The zero-order valence-electron chi connectivity index (χ0n) is 39.6. The van der Waals surface area contributed by atoms with Gasteiger partial charge in [-0.1, -0.05) is 0 Å². The molecule has 19 heteroatoms. The Morgan fingerprint density at radius 2 is 1.66 bits per heavy atom. The van der Waals surface area contributed by atoms with Gasteiger partial charge in [-0.25, -0.2) is 23.5 Å². The normalized spacial score (nSPS) is 20.0. The van der Waals surface area contributed by atoms with Crippen LogP contribution < -0.4 is 24.9 Å². The number of aromatic nitrogens is 6. The van der Waals surface area contributed by atoms with Crippen molar-refractivity contribution in [2.24, 2.45) is 5.92 Å². The van der Waals surface area contributed by atoms with Crippen LogP contribution in [0.25, 0.3) is 22.4 Å². The number of urea groups is 1. The molecule has 366 valence electrons. The maximum absolute atomic E-state index is 15.7. The van der Waals surface area contributed by atoms with E-state index in [1.165, 1.54) is 0 Å². The number of hydrogen-bond acceptors (Lipinski definition) is 11. The SMILES string of the molecule is CC(=O)N1CCc2c(c(N3CCCc4cc(-c5cc6nccn6cc5N5CCC(CN6CCN(c7cccn8c(N9CCC(=O)NC9=O)cnc78)CC6)CC5)c(C(F)F)cc43)nn2C2CCOCC2)C1. The Balaban J connectivity index is 0.769. The van der Waals surface area contributed by atoms with Crippen LogP contribution in [0.3, 0.4) is 0 Å². The molecule has 17 nitrogen and oxygen atoms in total. The monoisotopic (exact) mass is 955 g/mol. The largest absolute Gasteiger partial charge is 0.381 e. The van der Waals surface area contributed by atoms with Gasteiger partial charge in [-0.15, -0.1) is 0 Å². The fourth-order valence-electron chi connectivity index (χ4n) is 12.0. The average Bonchev–Trinajstić information content (AvgIpc) is 4.13. The predicted octanol–water partition coefficient (Wildman–Crippen LogP) is 6.61. The summed E-state index contributed by atoms with van der Waals surface area (Å²) in [7, 11) is 0. The van der Waals surface area contributed by atoms with Gasteiger partial charge in [0.05, 0.1) is 30.2 Å². The summed E-state index contributed by atoms with van der Waals surface area (Å²) in [6.07, 6.45) is 12.9. The van der Waals surface area contributed by atoms with E-state index in [2.05, 4.69) is 46.8 Å². The summed E-state index contributed by atoms with van der Waals surface area (Å²) < 4.78 is 43.2. The Bertz CT molecular complexity index is 2980. The first-order chi connectivity index (χ1) is 34.1. The van der Waals surface area contributed by atoms with Crippen molar-refractivity contribution in [2.45, 2.75) is 77.3 Å². The van der Waals surface area contributed by atoms with E-state index < -0.39 is 12.5 Å². The van der Waals surface area contributed by atoms with Crippen molar-refractivity contribution in [2.75, 3.05) is 98.3 Å². The van der Waals surface area contributed by atoms with Gasteiger partial charge in [0.25, 0.3) is 6.43 Å². The molecule has 0 radical (unpaired) electrons. The number of halogens is 2. The van der Waals surface area contributed by atoms with Gasteiger partial charge >= 0.3 is 6.03 Å². The molecule has 0 atom stereocenters. The molecule has 12 rings (SSSR count). The molecule has 6 aliphatic heterocycles. The summed E-state index contributed by atoms with van der Waals surface area (Å²) in [5.41, 5.74) is 8.72. The number of imidazole rings is 2. The second-order valence-corrected chi connectivity index (χ2v) is 19.8. The molecule has 0 spiro atoms. The minimum absolute atomic E-state index is 0.00329. The summed E-state index contributed by atoms with van der Waals surface area (Å²) >= 11 is 0. The second kappa shape index (κ2) is 18.3. The molecule has 1 N–H and O–H groups in total. The standard InChI is InChI=1S/C51H59F2N13O4/c1-33(67)61-17-8-41-40(31-61)49(57-66(41)36-10-24-70-25-11-36)63-13-2-4-35-26-37(39(48(52)53)27-43(35)63)38-28-45-54-12-19-62(45)32-44(38)59-15-6-34(7-16-59)30-58-20-22-60(23-21-58)42-5-3-14-64-47(29-55-50(42)64)65-18-9-46(68)56-51(65)69/h3,5,12,14,19,26-29,32,34,36,48H,2,4,6-11,13,15-18,20-25,30-31H2,1H3,(H,56,68,69). The van der Waals surface area contributed by atoms with E-state index in [4.69, 9.17) is 14.8 Å². The topological polar surface area (TPSA) is 144 Å². The highest BCUT2D eigenvalue weighted by Crippen LogP contribution is 2.46. The highest BCUT2D eigenvalue weighted by atomic mass is 19.3. The van der Waals surface area contributed by atoms with Crippen molar-refractivity contribution in [3.63, 3.8) is 0 Å². The number of anilines is 5. The molecule has 0 unspecified atom stereocenters. The molecular formula is C51H59F2N13O4. The third-order valence-electron chi connectivity index (χ3n) is 15.7. The summed E-state index contributed by atoms with van der Waals surface area (Å²) in [6.45, 7) is 11.1. The molecule has 11 heterocycles. The van der Waals surface area contributed by atoms with E-state index in [1.54, 1.807) is 30.3 Å². The number of nitrogens with zero attached hydrogens (tertiary/aromatic N) is 12. The highest BCUT2D eigenvalue weighted by molar-refractivity contribution is 6.05. The number of imide groups is 1. The summed E-state index contributed by atoms with van der Waals surface area (Å²) in [5, 5.41) is 7.70. The Morgan fingerprint density at radius 3 is 2.44 bits per heavy atom. The van der Waals surface area contributed by atoms with Crippen LogP contribution in [0.1, 0.15) is 80.3 Å². The lowest BCUT2D eigenvalue weighted by Gasteiger charge is -2.40. The van der Waals surface area contributed by atoms with Crippen molar-refractivity contribution < 1.29 is 27.9 Å². The van der Waals surface area contributed by atoms with Crippen molar-refractivity contribution >= 4 is 57.8 Å². The number of benzene rings is 1. The van der Waals surface area contributed by atoms with Crippen molar-refractivity contribution in [1.29, 1.82) is 0 Å². The van der Waals surface area contributed by atoms with E-state index in [1.807, 2.05) is 44.3 Å². The van der Waals surface area contributed by atoms with E-state index in [0.29, 0.717) is 68.8 Å². The Labute approximate surface area is 404 Å². The van der Waals surface area contributed by atoms with Crippen LogP contribution in [-0.4, -0.2) is 135 Å². The van der Waals surface area contributed by atoms with Crippen LogP contribution in [-0.2, 0) is 33.7 Å². The molecule has 6 aliphatic rings. The number of fused-ring (bicyclic) bond motifs is 4. The molecule has 70 heavy (non-hydrogen) atoms. The van der Waals surface area contributed by atoms with Crippen molar-refractivity contribution in [1.82, 2.24) is 43.7 Å². The fourth-order valence-corrected chi connectivity index (χ4v) is 12.0. The maximum Gasteiger partial charge on any atom is 0.329 e. The second-order valence-electron chi connectivity index (χ2n) is 19.8. The van der Waals surface area contributed by atoms with E-state index in [9.17, 15) is 14.4 Å². The van der Waals surface area contributed by atoms with E-state index in [0.717, 1.165) is 135 Å². The summed E-state index contributed by atoms with van der Waals surface area (Å²) in [5.74, 6) is 1.67. The highest BCUT2D eigenvalue weighted by Gasteiger charge is 2.36. The first-order valence-corrected chi connectivity index (χ1v) is 25.1. The third kappa shape index (κ3) is 8.09. The molecule has 0 aliphatic carbocycles. The van der Waals surface area contributed by atoms with Gasteiger partial charge in [0.15, 0.2) is 11.5 Å². The number of ether oxygens (including phenoxy) is 1. The average molecular weight is 956 g/mol. The molecule has 4 fully saturated rings. The van der Waals surface area contributed by atoms with Crippen LogP contribution in [0.4, 0.5) is 42.3 Å². The van der Waals surface area contributed by atoms with Gasteiger partial charge < -0.3 is 28.7 Å². The molecule has 4 saturated heterocycles. The number of nitrogens with one attached hydrogen (secondary N) is 1. The lowest BCUT2D eigenvalue weighted by molar-refractivity contribution is -0.129. The number of hydrogen-bond donors (Lipinski definition) is 1. The number of carbonyl (C=O) groups is 3. The quantitative estimate of drug-likeness (QED) is 0.167. The molecule has 1 aromatic carbocycles. The van der Waals surface area contributed by atoms with Gasteiger partial charge in [-0.05, 0) is 85.9 Å². The lowest BCUT2D eigenvalue weighted by atomic mass is 9.90. The minimum atomic E-state index is -2.72. The number of rotatable bonds is 9. The number of carbonyl (C=O) groups excluding carboxylic acids is 3. The van der Waals surface area contributed by atoms with Gasteiger partial charge in [0, 0.05) is 151 Å². The first kappa shape index (κ1) is 44.6. The van der Waals surface area contributed by atoms with Gasteiger partial charge in [-0.2, -0.15) is 5.10 Å². The van der Waals surface area contributed by atoms with Crippen molar-refractivity contribution in [3.05, 3.63) is 83.7 Å². The predicted molar refractivity (Wildman–Crippen MR) is 261 cm³/mol. The zero-order valence-corrected chi connectivity index (χ0v) is 39.6. The number of piperazine rings is 1. The molecular weight excluding hydrogens is 897 g/mol. The van der Waals surface area contributed by atoms with Crippen LogP contribution in [0, 0.1) is 5.92 Å². The lowest BCUT2D eigenvalue weighted by Crippen LogP contribution is -2.50. The van der Waals surface area contributed by atoms with Gasteiger partial charge in [0.1, 0.15) is 11.5 Å². The Hall–Kier alpha value is -6.60. The zero-order chi connectivity index (χ0) is 47.6. The number of piperidine rings is 1. The van der Waals surface area contributed by atoms with Crippen LogP contribution in [0.2, 0.25) is 0 Å². The Morgan fingerprint density at radius 1 is 0.843 bits per heavy atom. The number of amides is 4. The van der Waals surface area contributed by atoms with Gasteiger partial charge in [-0.3, -0.25) is 33.8 Å². The number of pyridine rings is 2. The van der Waals surface area contributed by atoms with Crippen LogP contribution >= 0.6 is 0 Å². The number of aryl methyl sites for hydroxylation is 1. The van der Waals surface area contributed by atoms with E-state index in [-0.39, 0.29) is 29.8 Å². The first-order valence-electron chi connectivity index (χ1n) is 25.1. The fraction of sp³-hybridized carbons (Fsp3) is 0.490. The summed E-state index contributed by atoms with van der Waals surface area (Å²) in [4.78, 5) is 59.3. The van der Waals surface area contributed by atoms with Crippen LogP contribution in [0.15, 0.2) is 61.3 Å². The molecule has 0 bridgehead atoms. The molecule has 4 amide bonds. The van der Waals surface area contributed by atoms with Gasteiger partial charge in [0.2, 0.25) is 11.8 Å². The Kier molecular flexibility index (Phi) is 11.7. The van der Waals surface area contributed by atoms with Crippen molar-refractivity contribution in [3.8, 4) is 11.1 Å². The molecule has 5 aromatic heterocycles. The molecule has 0 saturated carbocycles. The summed E-state index contributed by atoms with van der Waals surface area (Å²) in [6, 6.07) is 9.54. The third-order valence-corrected chi connectivity index (χ3v) is 15.7. The van der Waals surface area contributed by atoms with E-state index >= 15 is 8.78 Å². The smallest absolute Gasteiger partial charge is 0.329 e. The maximum atomic E-state index is 15.7. The number of alkyl halides is 2. The molecule has 6 aromatic rings. The minimum Gasteiger partial charge on any atom is -0.381 e. The van der Waals surface area contributed by atoms with Crippen LogP contribution in [0.5, 0.6) is 0 Å².